The molecule has 1 aromatic rings. The minimum atomic E-state index is -1.06. The first kappa shape index (κ1) is 19.5. The van der Waals surface area contributed by atoms with Gasteiger partial charge in [-0.25, -0.2) is 4.79 Å². The molecule has 2 aliphatic rings. The number of hydrogen-bond donors (Lipinski definition) is 2. The summed E-state index contributed by atoms with van der Waals surface area (Å²) in [5.41, 5.74) is 2.33. The van der Waals surface area contributed by atoms with Crippen molar-refractivity contribution in [2.75, 3.05) is 4.43 Å². The van der Waals surface area contributed by atoms with Crippen LogP contribution in [0.1, 0.15) is 73.9 Å². The van der Waals surface area contributed by atoms with E-state index in [1.165, 1.54) is 5.57 Å². The summed E-state index contributed by atoms with van der Waals surface area (Å²) in [4.78, 5) is 11.9. The zero-order valence-electron chi connectivity index (χ0n) is 15.6. The van der Waals surface area contributed by atoms with E-state index in [2.05, 4.69) is 49.4 Å². The fourth-order valence-corrected chi connectivity index (χ4v) is 5.00. The number of rotatable bonds is 5. The van der Waals surface area contributed by atoms with Gasteiger partial charge < -0.3 is 14.9 Å². The second kappa shape index (κ2) is 7.41. The highest BCUT2D eigenvalue weighted by atomic mass is 127. The summed E-state index contributed by atoms with van der Waals surface area (Å²) in [6.45, 7) is 6.30. The number of aryl methyl sites for hydroxylation is 1. The van der Waals surface area contributed by atoms with Crippen LogP contribution in [0.25, 0.3) is 0 Å². The zero-order valence-corrected chi connectivity index (χ0v) is 17.8. The molecule has 0 radical (unpaired) electrons. The molecule has 1 heterocycles. The topological polar surface area (TPSA) is 66.8 Å². The lowest BCUT2D eigenvalue weighted by molar-refractivity contribution is 0.0106. The fourth-order valence-electron chi connectivity index (χ4n) is 4.46. The van der Waals surface area contributed by atoms with Crippen LogP contribution in [-0.2, 0) is 6.42 Å². The van der Waals surface area contributed by atoms with Crippen LogP contribution in [0.5, 0.6) is 11.5 Å². The highest BCUT2D eigenvalue weighted by molar-refractivity contribution is 14.1. The molecule has 0 fully saturated rings. The summed E-state index contributed by atoms with van der Waals surface area (Å²) in [6, 6.07) is 1.86. The van der Waals surface area contributed by atoms with Crippen LogP contribution in [0.2, 0.25) is 0 Å². The molecule has 4 nitrogen and oxygen atoms in total. The molecule has 2 N–H and O–H groups in total. The van der Waals surface area contributed by atoms with Gasteiger partial charge in [0, 0.05) is 17.4 Å². The number of carboxylic acids is 1. The molecule has 0 saturated carbocycles. The van der Waals surface area contributed by atoms with Gasteiger partial charge >= 0.3 is 5.97 Å². The normalized spacial score (nSPS) is 23.5. The lowest BCUT2D eigenvalue weighted by Gasteiger charge is -2.46. The number of phenols is 1. The first-order chi connectivity index (χ1) is 12.3. The molecular formula is C21H27IO4. The lowest BCUT2D eigenvalue weighted by Crippen LogP contribution is -2.45. The van der Waals surface area contributed by atoms with E-state index in [9.17, 15) is 15.0 Å². The van der Waals surface area contributed by atoms with E-state index in [1.807, 2.05) is 6.07 Å². The van der Waals surface area contributed by atoms with Crippen molar-refractivity contribution in [2.45, 2.75) is 64.4 Å². The summed E-state index contributed by atoms with van der Waals surface area (Å²) in [5, 5.41) is 20.7. The van der Waals surface area contributed by atoms with Gasteiger partial charge in [-0.1, -0.05) is 34.2 Å². The summed E-state index contributed by atoms with van der Waals surface area (Å²) < 4.78 is 7.34. The largest absolute Gasteiger partial charge is 0.507 e. The molecule has 2 atom stereocenters. The molecule has 1 aliphatic heterocycles. The average Bonchev–Trinajstić information content (AvgIpc) is 2.53. The highest BCUT2D eigenvalue weighted by Crippen LogP contribution is 2.54. The van der Waals surface area contributed by atoms with Crippen LogP contribution in [-0.4, -0.2) is 26.2 Å². The van der Waals surface area contributed by atoms with Gasteiger partial charge in [-0.15, -0.1) is 0 Å². The Morgan fingerprint density at radius 2 is 2.12 bits per heavy atom. The van der Waals surface area contributed by atoms with Crippen LogP contribution < -0.4 is 4.74 Å². The third kappa shape index (κ3) is 3.47. The standard InChI is InChI=1S/C21H27IO4/c1-12-7-8-15-14(10-12)18-16(26-21(15,2)3)11-13(6-4-5-9-22)17(19(18)23)20(24)25/h10-11,14-15,23H,4-9H2,1-3H3,(H,24,25)/t14-,15-/m1/s1. The first-order valence-corrected chi connectivity index (χ1v) is 10.8. The van der Waals surface area contributed by atoms with Gasteiger partial charge in [0.15, 0.2) is 0 Å². The van der Waals surface area contributed by atoms with Crippen molar-refractivity contribution in [1.29, 1.82) is 0 Å². The number of halogens is 1. The minimum Gasteiger partial charge on any atom is -0.507 e. The quantitative estimate of drug-likeness (QED) is 0.260. The predicted octanol–water partition coefficient (Wildman–Crippen LogP) is 5.46. The molecule has 3 rings (SSSR count). The zero-order chi connectivity index (χ0) is 19.1. The van der Waals surface area contributed by atoms with Crippen molar-refractivity contribution >= 4 is 28.6 Å². The molecule has 0 aromatic heterocycles. The lowest BCUT2D eigenvalue weighted by atomic mass is 9.67. The molecule has 5 heteroatoms. The number of carbonyl (C=O) groups is 1. The Morgan fingerprint density at radius 3 is 2.77 bits per heavy atom. The molecule has 142 valence electrons. The van der Waals surface area contributed by atoms with Gasteiger partial charge in [0.1, 0.15) is 22.7 Å². The number of unbranched alkanes of at least 4 members (excludes halogenated alkanes) is 1. The molecule has 0 unspecified atom stereocenters. The first-order valence-electron chi connectivity index (χ1n) is 9.30. The number of benzene rings is 1. The summed E-state index contributed by atoms with van der Waals surface area (Å²) >= 11 is 2.32. The summed E-state index contributed by atoms with van der Waals surface area (Å²) in [7, 11) is 0. The maximum Gasteiger partial charge on any atom is 0.339 e. The summed E-state index contributed by atoms with van der Waals surface area (Å²) in [6.07, 6.45) is 6.76. The van der Waals surface area contributed by atoms with E-state index >= 15 is 0 Å². The van der Waals surface area contributed by atoms with Crippen molar-refractivity contribution in [3.8, 4) is 11.5 Å². The van der Waals surface area contributed by atoms with Crippen molar-refractivity contribution in [3.05, 3.63) is 34.4 Å². The van der Waals surface area contributed by atoms with Crippen molar-refractivity contribution < 1.29 is 19.7 Å². The van der Waals surface area contributed by atoms with E-state index in [4.69, 9.17) is 4.74 Å². The van der Waals surface area contributed by atoms with Crippen molar-refractivity contribution in [2.24, 2.45) is 5.92 Å². The van der Waals surface area contributed by atoms with Crippen LogP contribution >= 0.6 is 22.6 Å². The van der Waals surface area contributed by atoms with E-state index in [0.717, 1.165) is 30.1 Å². The SMILES string of the molecule is CC1=C[C@H]2c3c(cc(CCCCI)c(C(=O)O)c3O)OC(C)(C)[C@@H]2CC1. The molecule has 0 amide bonds. The van der Waals surface area contributed by atoms with Crippen molar-refractivity contribution in [3.63, 3.8) is 0 Å². The highest BCUT2D eigenvalue weighted by Gasteiger charge is 2.46. The van der Waals surface area contributed by atoms with Crippen LogP contribution in [0.15, 0.2) is 17.7 Å². The van der Waals surface area contributed by atoms with Gasteiger partial charge in [0.25, 0.3) is 0 Å². The molecule has 0 saturated heterocycles. The number of aromatic hydroxyl groups is 1. The third-order valence-electron chi connectivity index (χ3n) is 5.77. The molecule has 1 aliphatic carbocycles. The second-order valence-electron chi connectivity index (χ2n) is 8.01. The van der Waals surface area contributed by atoms with E-state index in [0.29, 0.717) is 23.3 Å². The van der Waals surface area contributed by atoms with E-state index in [1.54, 1.807) is 0 Å². The Hall–Kier alpha value is -1.24. The molecule has 1 aromatic carbocycles. The van der Waals surface area contributed by atoms with Crippen LogP contribution in [0.3, 0.4) is 0 Å². The number of aromatic carboxylic acids is 1. The molecule has 26 heavy (non-hydrogen) atoms. The Kier molecular flexibility index (Phi) is 5.56. The Morgan fingerprint density at radius 1 is 1.38 bits per heavy atom. The average molecular weight is 470 g/mol. The van der Waals surface area contributed by atoms with E-state index in [-0.39, 0.29) is 28.7 Å². The molecule has 0 spiro atoms. The third-order valence-corrected chi connectivity index (χ3v) is 6.54. The van der Waals surface area contributed by atoms with E-state index < -0.39 is 5.97 Å². The van der Waals surface area contributed by atoms with Gasteiger partial charge in [-0.05, 0) is 68.9 Å². The predicted molar refractivity (Wildman–Crippen MR) is 111 cm³/mol. The Balaban J connectivity index is 2.15. The Bertz CT molecular complexity index is 751. The Labute approximate surface area is 168 Å². The monoisotopic (exact) mass is 470 g/mol. The van der Waals surface area contributed by atoms with Gasteiger partial charge in [0.05, 0.1) is 0 Å². The number of ether oxygens (including phenoxy) is 1. The van der Waals surface area contributed by atoms with Crippen LogP contribution in [0.4, 0.5) is 0 Å². The smallest absolute Gasteiger partial charge is 0.339 e. The maximum atomic E-state index is 11.9. The van der Waals surface area contributed by atoms with Gasteiger partial charge in [-0.3, -0.25) is 0 Å². The molecule has 0 bridgehead atoms. The van der Waals surface area contributed by atoms with Crippen LogP contribution in [0, 0.1) is 5.92 Å². The van der Waals surface area contributed by atoms with Gasteiger partial charge in [0.2, 0.25) is 0 Å². The van der Waals surface area contributed by atoms with Gasteiger partial charge in [-0.2, -0.15) is 0 Å². The second-order valence-corrected chi connectivity index (χ2v) is 9.09. The number of allylic oxidation sites excluding steroid dienone is 2. The number of fused-ring (bicyclic) bond motifs is 3. The van der Waals surface area contributed by atoms with Crippen molar-refractivity contribution in [1.82, 2.24) is 0 Å². The number of hydrogen-bond acceptors (Lipinski definition) is 3. The molecular weight excluding hydrogens is 443 g/mol. The number of carboxylic acid groups (broad SMARTS) is 1. The maximum absolute atomic E-state index is 11.9. The minimum absolute atomic E-state index is 0.00370. The summed E-state index contributed by atoms with van der Waals surface area (Å²) in [5.74, 6) is -0.280. The fraction of sp³-hybridized carbons (Fsp3) is 0.571. The number of alkyl halides is 1.